The summed E-state index contributed by atoms with van der Waals surface area (Å²) in [6.07, 6.45) is 1.46. The number of oxazole rings is 1. The Balaban J connectivity index is 2.28. The Labute approximate surface area is 99.9 Å². The van der Waals surface area contributed by atoms with Gasteiger partial charge in [0.15, 0.2) is 5.89 Å². The smallest absolute Gasteiger partial charge is 0.295 e. The number of aromatic nitrogens is 1. The average Bonchev–Trinajstić information content (AvgIpc) is 2.78. The topological polar surface area (TPSA) is 46.3 Å². The molecule has 1 aromatic carbocycles. The van der Waals surface area contributed by atoms with Gasteiger partial charge in [-0.15, -0.1) is 0 Å². The van der Waals surface area contributed by atoms with Gasteiger partial charge in [-0.3, -0.25) is 4.79 Å². The van der Waals surface area contributed by atoms with Crippen molar-refractivity contribution >= 4 is 11.6 Å². The van der Waals surface area contributed by atoms with Gasteiger partial charge < -0.3 is 9.32 Å². The minimum atomic E-state index is -0.167. The van der Waals surface area contributed by atoms with Crippen LogP contribution in [0.15, 0.2) is 40.9 Å². The molecule has 1 amide bonds. The molecule has 0 atom stereocenters. The maximum atomic E-state index is 12.2. The minimum absolute atomic E-state index is 0.167. The van der Waals surface area contributed by atoms with Gasteiger partial charge in [0.05, 0.1) is 6.20 Å². The first-order chi connectivity index (χ1) is 8.22. The third kappa shape index (κ3) is 2.36. The zero-order valence-corrected chi connectivity index (χ0v) is 9.88. The van der Waals surface area contributed by atoms with E-state index in [9.17, 15) is 4.79 Å². The van der Waals surface area contributed by atoms with Crippen LogP contribution in [-0.2, 0) is 0 Å². The molecule has 0 saturated heterocycles. The van der Waals surface area contributed by atoms with Gasteiger partial charge >= 0.3 is 0 Å². The molecule has 4 heteroatoms. The number of para-hydroxylation sites is 1. The van der Waals surface area contributed by atoms with Crippen molar-refractivity contribution in [2.75, 3.05) is 11.4 Å². The van der Waals surface area contributed by atoms with E-state index >= 15 is 0 Å². The van der Waals surface area contributed by atoms with Gasteiger partial charge in [-0.25, -0.2) is 4.98 Å². The molecule has 0 saturated carbocycles. The molecule has 1 aromatic heterocycles. The second kappa shape index (κ2) is 4.82. The van der Waals surface area contributed by atoms with Crippen LogP contribution in [0.25, 0.3) is 0 Å². The fourth-order valence-electron chi connectivity index (χ4n) is 1.64. The molecule has 2 rings (SSSR count). The lowest BCUT2D eigenvalue weighted by Gasteiger charge is -2.19. The summed E-state index contributed by atoms with van der Waals surface area (Å²) in [5.41, 5.74) is 0.856. The Morgan fingerprint density at radius 1 is 1.35 bits per heavy atom. The van der Waals surface area contributed by atoms with E-state index in [-0.39, 0.29) is 11.7 Å². The highest BCUT2D eigenvalue weighted by Gasteiger charge is 2.19. The second-order valence-corrected chi connectivity index (χ2v) is 3.63. The van der Waals surface area contributed by atoms with E-state index in [0.29, 0.717) is 12.4 Å². The monoisotopic (exact) mass is 230 g/mol. The number of amides is 1. The van der Waals surface area contributed by atoms with E-state index in [2.05, 4.69) is 4.98 Å². The van der Waals surface area contributed by atoms with Gasteiger partial charge in [-0.2, -0.15) is 0 Å². The van der Waals surface area contributed by atoms with E-state index in [1.807, 2.05) is 37.3 Å². The molecule has 17 heavy (non-hydrogen) atoms. The highest BCUT2D eigenvalue weighted by molar-refractivity contribution is 6.03. The summed E-state index contributed by atoms with van der Waals surface area (Å²) < 4.78 is 5.25. The van der Waals surface area contributed by atoms with Gasteiger partial charge in [-0.1, -0.05) is 18.2 Å². The molecule has 0 aliphatic rings. The molecule has 0 radical (unpaired) electrons. The van der Waals surface area contributed by atoms with Crippen molar-refractivity contribution in [3.05, 3.63) is 48.2 Å². The van der Waals surface area contributed by atoms with Crippen LogP contribution in [0.4, 0.5) is 5.69 Å². The molecule has 0 aliphatic carbocycles. The summed E-state index contributed by atoms with van der Waals surface area (Å²) >= 11 is 0. The van der Waals surface area contributed by atoms with E-state index in [4.69, 9.17) is 4.42 Å². The van der Waals surface area contributed by atoms with Crippen LogP contribution >= 0.6 is 0 Å². The molecule has 0 fully saturated rings. The Bertz CT molecular complexity index is 505. The molecule has 88 valence electrons. The highest BCUT2D eigenvalue weighted by Crippen LogP contribution is 2.16. The molecule has 0 spiro atoms. The predicted octanol–water partition coefficient (Wildman–Crippen LogP) is 2.65. The summed E-state index contributed by atoms with van der Waals surface area (Å²) in [7, 11) is 0. The molecule has 0 bridgehead atoms. The zero-order chi connectivity index (χ0) is 12.3. The third-order valence-electron chi connectivity index (χ3n) is 2.46. The van der Waals surface area contributed by atoms with Gasteiger partial charge in [0, 0.05) is 19.2 Å². The summed E-state index contributed by atoms with van der Waals surface area (Å²) in [5, 5.41) is 0. The Morgan fingerprint density at radius 3 is 2.59 bits per heavy atom. The third-order valence-corrected chi connectivity index (χ3v) is 2.46. The standard InChI is InChI=1S/C13H14N2O2/c1-3-15(11-7-5-4-6-8-11)13(16)12-9-14-10(2)17-12/h4-9H,3H2,1-2H3. The number of hydrogen-bond donors (Lipinski definition) is 0. The molecule has 4 nitrogen and oxygen atoms in total. The fraction of sp³-hybridized carbons (Fsp3) is 0.231. The van der Waals surface area contributed by atoms with Crippen molar-refractivity contribution in [3.8, 4) is 0 Å². The first-order valence-electron chi connectivity index (χ1n) is 5.51. The number of aryl methyl sites for hydroxylation is 1. The molecule has 0 aliphatic heterocycles. The SMILES string of the molecule is CCN(C(=O)c1cnc(C)o1)c1ccccc1. The van der Waals surface area contributed by atoms with Crippen LogP contribution in [0.5, 0.6) is 0 Å². The predicted molar refractivity (Wildman–Crippen MR) is 65.0 cm³/mol. The van der Waals surface area contributed by atoms with Gasteiger partial charge in [0.2, 0.25) is 5.76 Å². The number of rotatable bonds is 3. The molecular weight excluding hydrogens is 216 g/mol. The van der Waals surface area contributed by atoms with Gasteiger partial charge in [-0.05, 0) is 19.1 Å². The Hall–Kier alpha value is -2.10. The fourth-order valence-corrected chi connectivity index (χ4v) is 1.64. The zero-order valence-electron chi connectivity index (χ0n) is 9.88. The molecular formula is C13H14N2O2. The van der Waals surface area contributed by atoms with Crippen LogP contribution in [-0.4, -0.2) is 17.4 Å². The maximum Gasteiger partial charge on any atom is 0.295 e. The van der Waals surface area contributed by atoms with Crippen LogP contribution in [0, 0.1) is 6.92 Å². The lowest BCUT2D eigenvalue weighted by Crippen LogP contribution is -2.30. The van der Waals surface area contributed by atoms with Crippen LogP contribution in [0.2, 0.25) is 0 Å². The normalized spacial score (nSPS) is 10.2. The van der Waals surface area contributed by atoms with Crippen molar-refractivity contribution in [3.63, 3.8) is 0 Å². The van der Waals surface area contributed by atoms with Crippen molar-refractivity contribution in [1.82, 2.24) is 4.98 Å². The minimum Gasteiger partial charge on any atom is -0.436 e. The summed E-state index contributed by atoms with van der Waals surface area (Å²) in [6.45, 7) is 4.23. The van der Waals surface area contributed by atoms with Gasteiger partial charge in [0.25, 0.3) is 5.91 Å². The van der Waals surface area contributed by atoms with E-state index in [1.54, 1.807) is 11.8 Å². The summed E-state index contributed by atoms with van der Waals surface area (Å²) in [6, 6.07) is 9.50. The van der Waals surface area contributed by atoms with Crippen molar-refractivity contribution < 1.29 is 9.21 Å². The van der Waals surface area contributed by atoms with Crippen molar-refractivity contribution in [2.24, 2.45) is 0 Å². The van der Waals surface area contributed by atoms with Crippen LogP contribution < -0.4 is 4.90 Å². The molecule has 0 unspecified atom stereocenters. The van der Waals surface area contributed by atoms with Crippen molar-refractivity contribution in [2.45, 2.75) is 13.8 Å². The number of nitrogens with zero attached hydrogens (tertiary/aromatic N) is 2. The summed E-state index contributed by atoms with van der Waals surface area (Å²) in [5.74, 6) is 0.602. The number of hydrogen-bond acceptors (Lipinski definition) is 3. The van der Waals surface area contributed by atoms with E-state index in [0.717, 1.165) is 5.69 Å². The largest absolute Gasteiger partial charge is 0.436 e. The lowest BCUT2D eigenvalue weighted by atomic mass is 10.2. The van der Waals surface area contributed by atoms with Crippen molar-refractivity contribution in [1.29, 1.82) is 0 Å². The molecule has 2 aromatic rings. The second-order valence-electron chi connectivity index (χ2n) is 3.63. The van der Waals surface area contributed by atoms with E-state index < -0.39 is 0 Å². The number of carbonyl (C=O) groups is 1. The molecule has 0 N–H and O–H groups in total. The first-order valence-corrected chi connectivity index (χ1v) is 5.51. The quantitative estimate of drug-likeness (QED) is 0.814. The van der Waals surface area contributed by atoms with Gasteiger partial charge in [0.1, 0.15) is 0 Å². The number of anilines is 1. The Kier molecular flexibility index (Phi) is 3.23. The lowest BCUT2D eigenvalue weighted by molar-refractivity contribution is 0.0960. The molecule has 1 heterocycles. The number of benzene rings is 1. The average molecular weight is 230 g/mol. The summed E-state index contributed by atoms with van der Waals surface area (Å²) in [4.78, 5) is 17.8. The first kappa shape index (κ1) is 11.4. The van der Waals surface area contributed by atoms with Crippen LogP contribution in [0.3, 0.4) is 0 Å². The Morgan fingerprint density at radius 2 is 2.06 bits per heavy atom. The maximum absolute atomic E-state index is 12.2. The van der Waals surface area contributed by atoms with Crippen LogP contribution in [0.1, 0.15) is 23.4 Å². The van der Waals surface area contributed by atoms with E-state index in [1.165, 1.54) is 6.20 Å². The number of carbonyl (C=O) groups excluding carboxylic acids is 1. The highest BCUT2D eigenvalue weighted by atomic mass is 16.4.